The number of carbonyl (C=O) groups excluding carboxylic acids is 1. The minimum absolute atomic E-state index is 0.283. The third-order valence-corrected chi connectivity index (χ3v) is 1.73. The molecule has 0 bridgehead atoms. The highest BCUT2D eigenvalue weighted by Crippen LogP contribution is 2.00. The van der Waals surface area contributed by atoms with Gasteiger partial charge in [0.25, 0.3) is 0 Å². The maximum absolute atomic E-state index is 11.2. The van der Waals surface area contributed by atoms with Crippen LogP contribution in [0.25, 0.3) is 0 Å². The van der Waals surface area contributed by atoms with Crippen LogP contribution in [0.2, 0.25) is 0 Å². The molecule has 0 fully saturated rings. The third-order valence-electron chi connectivity index (χ3n) is 1.73. The van der Waals surface area contributed by atoms with Gasteiger partial charge in [0.15, 0.2) is 0 Å². The number of hydrogen-bond donors (Lipinski definition) is 0. The molecule has 0 saturated heterocycles. The monoisotopic (exact) mass is 200 g/mol. The van der Waals surface area contributed by atoms with Gasteiger partial charge in [-0.1, -0.05) is 19.8 Å². The first kappa shape index (κ1) is 13.0. The van der Waals surface area contributed by atoms with Crippen molar-refractivity contribution in [2.45, 2.75) is 40.0 Å². The van der Waals surface area contributed by atoms with Crippen LogP contribution in [-0.4, -0.2) is 19.2 Å². The molecule has 3 heteroatoms. The van der Waals surface area contributed by atoms with Gasteiger partial charge in [0.05, 0.1) is 25.0 Å². The summed E-state index contributed by atoms with van der Waals surface area (Å²) in [5.74, 6) is -0.283. The molecule has 82 valence electrons. The van der Waals surface area contributed by atoms with E-state index < -0.39 is 0 Å². The molecule has 0 aromatic rings. The van der Waals surface area contributed by atoms with Crippen LogP contribution in [0.5, 0.6) is 0 Å². The van der Waals surface area contributed by atoms with E-state index >= 15 is 0 Å². The molecular weight excluding hydrogens is 180 g/mol. The molecule has 0 rings (SSSR count). The lowest BCUT2D eigenvalue weighted by Gasteiger charge is -2.04. The SMILES string of the molecule is CCCCCOC(=O)C(C)=COCC. The summed E-state index contributed by atoms with van der Waals surface area (Å²) in [6.45, 7) is 6.75. The molecule has 0 radical (unpaired) electrons. The van der Waals surface area contributed by atoms with Gasteiger partial charge in [0.2, 0.25) is 0 Å². The Hall–Kier alpha value is -0.990. The summed E-state index contributed by atoms with van der Waals surface area (Å²) in [6.07, 6.45) is 4.61. The average Bonchev–Trinajstić information content (AvgIpc) is 2.20. The van der Waals surface area contributed by atoms with Crippen LogP contribution in [0, 0.1) is 0 Å². The van der Waals surface area contributed by atoms with Crippen LogP contribution in [0.3, 0.4) is 0 Å². The number of unbranched alkanes of at least 4 members (excludes halogenated alkanes) is 2. The van der Waals surface area contributed by atoms with Gasteiger partial charge in [0, 0.05) is 0 Å². The highest BCUT2D eigenvalue weighted by atomic mass is 16.5. The molecule has 0 aromatic heterocycles. The van der Waals surface area contributed by atoms with Crippen molar-refractivity contribution in [2.24, 2.45) is 0 Å². The molecule has 0 unspecified atom stereocenters. The van der Waals surface area contributed by atoms with Crippen molar-refractivity contribution in [3.05, 3.63) is 11.8 Å². The van der Waals surface area contributed by atoms with E-state index in [1.54, 1.807) is 6.92 Å². The van der Waals surface area contributed by atoms with E-state index in [2.05, 4.69) is 6.92 Å². The molecule has 0 aliphatic carbocycles. The second kappa shape index (κ2) is 8.60. The standard InChI is InChI=1S/C11H20O3/c1-4-6-7-8-14-11(12)10(3)9-13-5-2/h9H,4-8H2,1-3H3. The van der Waals surface area contributed by atoms with Crippen LogP contribution in [0.4, 0.5) is 0 Å². The van der Waals surface area contributed by atoms with Crippen molar-refractivity contribution in [1.29, 1.82) is 0 Å². The second-order valence-corrected chi connectivity index (χ2v) is 3.10. The number of carbonyl (C=O) groups is 1. The van der Waals surface area contributed by atoms with Gasteiger partial charge in [-0.15, -0.1) is 0 Å². The first-order valence-electron chi connectivity index (χ1n) is 5.17. The van der Waals surface area contributed by atoms with E-state index in [-0.39, 0.29) is 5.97 Å². The molecular formula is C11H20O3. The fraction of sp³-hybridized carbons (Fsp3) is 0.727. The normalized spacial score (nSPS) is 11.2. The second-order valence-electron chi connectivity index (χ2n) is 3.10. The van der Waals surface area contributed by atoms with Crippen molar-refractivity contribution >= 4 is 5.97 Å². The number of hydrogen-bond acceptors (Lipinski definition) is 3. The minimum atomic E-state index is -0.283. The van der Waals surface area contributed by atoms with Crippen LogP contribution in [-0.2, 0) is 14.3 Å². The molecule has 0 aromatic carbocycles. The Balaban J connectivity index is 3.62. The van der Waals surface area contributed by atoms with Crippen molar-refractivity contribution < 1.29 is 14.3 Å². The van der Waals surface area contributed by atoms with E-state index in [0.717, 1.165) is 19.3 Å². The maximum atomic E-state index is 11.2. The van der Waals surface area contributed by atoms with Crippen molar-refractivity contribution in [1.82, 2.24) is 0 Å². The van der Waals surface area contributed by atoms with Crippen LogP contribution < -0.4 is 0 Å². The predicted molar refractivity (Wildman–Crippen MR) is 55.9 cm³/mol. The van der Waals surface area contributed by atoms with E-state index in [1.165, 1.54) is 6.26 Å². The molecule has 0 aliphatic rings. The molecule has 0 N–H and O–H groups in total. The first-order chi connectivity index (χ1) is 6.72. The van der Waals surface area contributed by atoms with Gasteiger partial charge in [-0.25, -0.2) is 4.79 Å². The lowest BCUT2D eigenvalue weighted by Crippen LogP contribution is -2.07. The van der Waals surface area contributed by atoms with Gasteiger partial charge in [-0.3, -0.25) is 0 Å². The van der Waals surface area contributed by atoms with Gasteiger partial charge < -0.3 is 9.47 Å². The Bertz CT molecular complexity index is 185. The summed E-state index contributed by atoms with van der Waals surface area (Å²) >= 11 is 0. The lowest BCUT2D eigenvalue weighted by molar-refractivity contribution is -0.139. The number of rotatable bonds is 7. The van der Waals surface area contributed by atoms with E-state index in [4.69, 9.17) is 9.47 Å². The van der Waals surface area contributed by atoms with Crippen LogP contribution in [0.15, 0.2) is 11.8 Å². The predicted octanol–water partition coefficient (Wildman–Crippen LogP) is 2.66. The molecule has 0 heterocycles. The Morgan fingerprint density at radius 3 is 2.57 bits per heavy atom. The smallest absolute Gasteiger partial charge is 0.336 e. The molecule has 0 spiro atoms. The number of ether oxygens (including phenoxy) is 2. The quantitative estimate of drug-likeness (QED) is 0.274. The maximum Gasteiger partial charge on any atom is 0.336 e. The molecule has 0 saturated carbocycles. The van der Waals surface area contributed by atoms with E-state index in [9.17, 15) is 4.79 Å². The van der Waals surface area contributed by atoms with E-state index in [0.29, 0.717) is 18.8 Å². The molecule has 0 atom stereocenters. The Morgan fingerprint density at radius 1 is 1.29 bits per heavy atom. The fourth-order valence-electron chi connectivity index (χ4n) is 0.887. The van der Waals surface area contributed by atoms with Crippen molar-refractivity contribution in [3.63, 3.8) is 0 Å². The Labute approximate surface area is 86.1 Å². The van der Waals surface area contributed by atoms with Crippen molar-refractivity contribution in [3.8, 4) is 0 Å². The van der Waals surface area contributed by atoms with Gasteiger partial charge in [-0.05, 0) is 20.3 Å². The zero-order valence-corrected chi connectivity index (χ0v) is 9.34. The Kier molecular flexibility index (Phi) is 7.99. The Morgan fingerprint density at radius 2 is 2.00 bits per heavy atom. The minimum Gasteiger partial charge on any atom is -0.501 e. The summed E-state index contributed by atoms with van der Waals surface area (Å²) in [4.78, 5) is 11.2. The lowest BCUT2D eigenvalue weighted by atomic mass is 10.3. The molecule has 3 nitrogen and oxygen atoms in total. The average molecular weight is 200 g/mol. The highest BCUT2D eigenvalue weighted by Gasteiger charge is 2.04. The summed E-state index contributed by atoms with van der Waals surface area (Å²) in [5, 5.41) is 0. The summed E-state index contributed by atoms with van der Waals surface area (Å²) < 4.78 is 10.00. The summed E-state index contributed by atoms with van der Waals surface area (Å²) in [6, 6.07) is 0. The largest absolute Gasteiger partial charge is 0.501 e. The van der Waals surface area contributed by atoms with Crippen molar-refractivity contribution in [2.75, 3.05) is 13.2 Å². The highest BCUT2D eigenvalue weighted by molar-refractivity contribution is 5.87. The molecule has 0 amide bonds. The third kappa shape index (κ3) is 6.52. The molecule has 0 aliphatic heterocycles. The fourth-order valence-corrected chi connectivity index (χ4v) is 0.887. The van der Waals surface area contributed by atoms with Gasteiger partial charge in [-0.2, -0.15) is 0 Å². The zero-order valence-electron chi connectivity index (χ0n) is 9.34. The summed E-state index contributed by atoms with van der Waals surface area (Å²) in [7, 11) is 0. The molecule has 14 heavy (non-hydrogen) atoms. The zero-order chi connectivity index (χ0) is 10.8. The first-order valence-corrected chi connectivity index (χ1v) is 5.17. The van der Waals surface area contributed by atoms with Gasteiger partial charge in [0.1, 0.15) is 0 Å². The number of esters is 1. The van der Waals surface area contributed by atoms with Crippen LogP contribution >= 0.6 is 0 Å². The summed E-state index contributed by atoms with van der Waals surface area (Å²) in [5.41, 5.74) is 0.517. The topological polar surface area (TPSA) is 35.5 Å². The van der Waals surface area contributed by atoms with E-state index in [1.807, 2.05) is 6.92 Å². The van der Waals surface area contributed by atoms with Crippen LogP contribution in [0.1, 0.15) is 40.0 Å². The van der Waals surface area contributed by atoms with Gasteiger partial charge >= 0.3 is 5.97 Å².